The van der Waals surface area contributed by atoms with Crippen LogP contribution >= 0.6 is 0 Å². The lowest BCUT2D eigenvalue weighted by atomic mass is 9.99. The van der Waals surface area contributed by atoms with Gasteiger partial charge in [0.2, 0.25) is 5.91 Å². The second kappa shape index (κ2) is 44.3. The molecule has 67 heavy (non-hydrogen) atoms. The molecule has 13 heteroatoms. The first kappa shape index (κ1) is 63.3. The predicted molar refractivity (Wildman–Crippen MR) is 273 cm³/mol. The number of amides is 1. The van der Waals surface area contributed by atoms with Crippen molar-refractivity contribution in [2.24, 2.45) is 0 Å². The Bertz CT molecular complexity index is 1330. The van der Waals surface area contributed by atoms with E-state index in [0.717, 1.165) is 51.4 Å². The molecule has 394 valence electrons. The van der Waals surface area contributed by atoms with Gasteiger partial charge < -0.3 is 35.2 Å². The maximum absolute atomic E-state index is 13.0. The van der Waals surface area contributed by atoms with Crippen molar-refractivity contribution in [2.75, 3.05) is 13.2 Å². The van der Waals surface area contributed by atoms with Crippen LogP contribution in [0.5, 0.6) is 0 Å². The van der Waals surface area contributed by atoms with Crippen LogP contribution in [0.25, 0.3) is 0 Å². The van der Waals surface area contributed by atoms with Gasteiger partial charge in [-0.1, -0.05) is 224 Å². The molecular formula is C54H101NO11S. The predicted octanol–water partition coefficient (Wildman–Crippen LogP) is 12.2. The second-order valence-corrected chi connectivity index (χ2v) is 20.2. The Kier molecular flexibility index (Phi) is 41.9. The first-order chi connectivity index (χ1) is 32.5. The number of nitrogens with one attached hydrogen (secondary N) is 1. The SMILES string of the molecule is CCCCCCCCC/C=C/C(O)C(COC1OC(CO)C(O)C(OS(=O)(=O)O)C1O)NC(=O)CCCCCCCCCCCCCCCCC/C=C\C/C=C\CCCCCCCCCCC. The molecule has 1 aliphatic rings. The summed E-state index contributed by atoms with van der Waals surface area (Å²) in [6.07, 6.45) is 46.6. The largest absolute Gasteiger partial charge is 0.397 e. The monoisotopic (exact) mass is 972 g/mol. The maximum atomic E-state index is 13.0. The van der Waals surface area contributed by atoms with Crippen LogP contribution in [0.3, 0.4) is 0 Å². The number of ether oxygens (including phenoxy) is 2. The van der Waals surface area contributed by atoms with E-state index in [2.05, 4.69) is 47.7 Å². The number of allylic oxidation sites excluding steroid dienone is 5. The first-order valence-electron chi connectivity index (χ1n) is 27.4. The number of unbranched alkanes of at least 4 members (excludes halogenated alkanes) is 31. The first-order valence-corrected chi connectivity index (χ1v) is 28.7. The molecule has 0 aliphatic carbocycles. The van der Waals surface area contributed by atoms with E-state index < -0.39 is 59.9 Å². The third-order valence-electron chi connectivity index (χ3n) is 12.9. The van der Waals surface area contributed by atoms with Gasteiger partial charge in [0.1, 0.15) is 24.4 Å². The van der Waals surface area contributed by atoms with Gasteiger partial charge in [-0.25, -0.2) is 4.18 Å². The van der Waals surface area contributed by atoms with Gasteiger partial charge in [0.15, 0.2) is 6.29 Å². The van der Waals surface area contributed by atoms with Crippen LogP contribution in [0.2, 0.25) is 0 Å². The molecule has 0 radical (unpaired) electrons. The zero-order valence-corrected chi connectivity index (χ0v) is 43.3. The summed E-state index contributed by atoms with van der Waals surface area (Å²) in [6.45, 7) is 3.36. The van der Waals surface area contributed by atoms with Crippen LogP contribution in [0.4, 0.5) is 0 Å². The Morgan fingerprint density at radius 2 is 1.00 bits per heavy atom. The lowest BCUT2D eigenvalue weighted by Gasteiger charge is -2.41. The molecule has 1 fully saturated rings. The average Bonchev–Trinajstić information content (AvgIpc) is 3.30. The van der Waals surface area contributed by atoms with Crippen LogP contribution < -0.4 is 5.32 Å². The van der Waals surface area contributed by atoms with Crippen molar-refractivity contribution in [2.45, 2.75) is 288 Å². The van der Waals surface area contributed by atoms with E-state index in [1.54, 1.807) is 6.08 Å². The summed E-state index contributed by atoms with van der Waals surface area (Å²) in [5.41, 5.74) is 0. The van der Waals surface area contributed by atoms with Gasteiger partial charge in [0.05, 0.1) is 25.4 Å². The molecule has 0 spiro atoms. The topological polar surface area (TPSA) is 192 Å². The van der Waals surface area contributed by atoms with Gasteiger partial charge in [-0.05, 0) is 51.4 Å². The average molecular weight is 972 g/mol. The molecule has 7 unspecified atom stereocenters. The van der Waals surface area contributed by atoms with E-state index >= 15 is 0 Å². The number of carbonyl (C=O) groups excluding carboxylic acids is 1. The fourth-order valence-corrected chi connectivity index (χ4v) is 9.17. The highest BCUT2D eigenvalue weighted by atomic mass is 32.3. The third kappa shape index (κ3) is 36.9. The van der Waals surface area contributed by atoms with E-state index in [9.17, 15) is 38.2 Å². The zero-order valence-electron chi connectivity index (χ0n) is 42.5. The van der Waals surface area contributed by atoms with Gasteiger partial charge in [0, 0.05) is 6.42 Å². The molecular weight excluding hydrogens is 871 g/mol. The van der Waals surface area contributed by atoms with Gasteiger partial charge in [-0.3, -0.25) is 9.35 Å². The summed E-state index contributed by atoms with van der Waals surface area (Å²) >= 11 is 0. The zero-order chi connectivity index (χ0) is 49.1. The minimum absolute atomic E-state index is 0.264. The number of aliphatic hydroxyl groups excluding tert-OH is 4. The molecule has 0 bridgehead atoms. The molecule has 6 N–H and O–H groups in total. The van der Waals surface area contributed by atoms with Crippen molar-refractivity contribution in [3.63, 3.8) is 0 Å². The molecule has 0 aromatic carbocycles. The molecule has 0 saturated carbocycles. The minimum Gasteiger partial charge on any atom is -0.394 e. The molecule has 0 aromatic heterocycles. The van der Waals surface area contributed by atoms with E-state index in [4.69, 9.17) is 9.47 Å². The molecule has 1 heterocycles. The van der Waals surface area contributed by atoms with Gasteiger partial charge in [0.25, 0.3) is 0 Å². The number of hydrogen-bond acceptors (Lipinski definition) is 10. The Morgan fingerprint density at radius 3 is 1.42 bits per heavy atom. The van der Waals surface area contributed by atoms with Crippen molar-refractivity contribution < 1.29 is 51.8 Å². The highest BCUT2D eigenvalue weighted by molar-refractivity contribution is 7.80. The Balaban J connectivity index is 2.22. The summed E-state index contributed by atoms with van der Waals surface area (Å²) in [5, 5.41) is 44.7. The highest BCUT2D eigenvalue weighted by Gasteiger charge is 2.48. The van der Waals surface area contributed by atoms with E-state index in [-0.39, 0.29) is 18.9 Å². The quantitative estimate of drug-likeness (QED) is 0.0193. The van der Waals surface area contributed by atoms with Gasteiger partial charge >= 0.3 is 10.4 Å². The van der Waals surface area contributed by atoms with Crippen molar-refractivity contribution in [3.05, 3.63) is 36.5 Å². The second-order valence-electron chi connectivity index (χ2n) is 19.2. The van der Waals surface area contributed by atoms with Gasteiger partial charge in [-0.15, -0.1) is 0 Å². The van der Waals surface area contributed by atoms with Crippen molar-refractivity contribution in [1.29, 1.82) is 0 Å². The highest BCUT2D eigenvalue weighted by Crippen LogP contribution is 2.26. The maximum Gasteiger partial charge on any atom is 0.397 e. The lowest BCUT2D eigenvalue weighted by Crippen LogP contribution is -2.61. The van der Waals surface area contributed by atoms with Crippen LogP contribution in [-0.2, 0) is 28.9 Å². The standard InChI is InChI=1S/C54H101NO11S/c1-3-5-7-9-11-13-14-15-16-17-18-19-20-21-22-23-24-25-26-27-28-29-30-31-32-33-34-36-38-40-42-44-50(58)55-47(48(57)43-41-39-37-35-12-10-8-6-4-2)46-64-54-52(60)53(66-67(61,62)63)51(59)49(45-56)65-54/h18-19,21-22,41,43,47-49,51-54,56-57,59-60H,3-17,20,23-40,42,44-46H2,1-2H3,(H,55,58)(H,61,62,63)/b19-18-,22-21-,43-41+. The number of aliphatic hydroxyl groups is 4. The minimum atomic E-state index is -5.08. The fourth-order valence-electron chi connectivity index (χ4n) is 8.66. The van der Waals surface area contributed by atoms with E-state index in [1.165, 1.54) is 167 Å². The molecule has 1 rings (SSSR count). The number of hydrogen-bond donors (Lipinski definition) is 6. The van der Waals surface area contributed by atoms with Crippen molar-refractivity contribution in [1.82, 2.24) is 5.32 Å². The third-order valence-corrected chi connectivity index (χ3v) is 13.4. The summed E-state index contributed by atoms with van der Waals surface area (Å²) in [4.78, 5) is 13.0. The Labute approximate surface area is 409 Å². The van der Waals surface area contributed by atoms with Crippen LogP contribution in [0.1, 0.15) is 245 Å². The van der Waals surface area contributed by atoms with Crippen molar-refractivity contribution >= 4 is 16.3 Å². The Morgan fingerprint density at radius 1 is 0.597 bits per heavy atom. The molecule has 1 saturated heterocycles. The normalized spacial score (nSPS) is 20.1. The summed E-state index contributed by atoms with van der Waals surface area (Å²) in [7, 11) is -5.08. The molecule has 0 aromatic rings. The summed E-state index contributed by atoms with van der Waals surface area (Å²) < 4.78 is 47.6. The lowest BCUT2D eigenvalue weighted by molar-refractivity contribution is -0.298. The smallest absolute Gasteiger partial charge is 0.394 e. The molecule has 12 nitrogen and oxygen atoms in total. The fraction of sp³-hybridized carbons (Fsp3) is 0.870. The van der Waals surface area contributed by atoms with Crippen LogP contribution in [-0.4, -0.2) is 95.4 Å². The van der Waals surface area contributed by atoms with E-state index in [0.29, 0.717) is 6.42 Å². The number of rotatable bonds is 47. The Hall–Kier alpha value is -1.68. The molecule has 1 aliphatic heterocycles. The molecule has 7 atom stereocenters. The van der Waals surface area contributed by atoms with Crippen LogP contribution in [0.15, 0.2) is 36.5 Å². The van der Waals surface area contributed by atoms with E-state index in [1.807, 2.05) is 6.08 Å². The summed E-state index contributed by atoms with van der Waals surface area (Å²) in [6, 6.07) is -0.941. The summed E-state index contributed by atoms with van der Waals surface area (Å²) in [5.74, 6) is -0.264. The molecule has 1 amide bonds. The number of carbonyl (C=O) groups is 1. The van der Waals surface area contributed by atoms with Gasteiger partial charge in [-0.2, -0.15) is 8.42 Å². The van der Waals surface area contributed by atoms with Crippen LogP contribution in [0, 0.1) is 0 Å². The van der Waals surface area contributed by atoms with Crippen molar-refractivity contribution in [3.8, 4) is 0 Å².